The molecule has 0 aliphatic rings. The molecule has 0 aromatic rings. The smallest absolute Gasteiger partial charge is 0.306 e. The van der Waals surface area contributed by atoms with E-state index in [-0.39, 0.29) is 31.1 Å². The zero-order valence-corrected chi connectivity index (χ0v) is 53.9. The Labute approximate surface area is 512 Å². The van der Waals surface area contributed by atoms with Crippen molar-refractivity contribution in [2.75, 3.05) is 13.2 Å². The monoisotopic (exact) mass is 1150 g/mol. The van der Waals surface area contributed by atoms with Crippen LogP contribution < -0.4 is 0 Å². The predicted molar refractivity (Wildman–Crippen MR) is 362 cm³/mol. The molecular weight excluding hydrogens is 1020 g/mol. The van der Waals surface area contributed by atoms with Crippen LogP contribution in [-0.2, 0) is 28.6 Å². The van der Waals surface area contributed by atoms with Crippen LogP contribution in [0.1, 0.15) is 303 Å². The second-order valence-electron chi connectivity index (χ2n) is 22.3. The van der Waals surface area contributed by atoms with Crippen molar-refractivity contribution >= 4 is 17.9 Å². The van der Waals surface area contributed by atoms with Crippen LogP contribution in [0.25, 0.3) is 0 Å². The van der Waals surface area contributed by atoms with Crippen molar-refractivity contribution in [1.29, 1.82) is 0 Å². The molecule has 83 heavy (non-hydrogen) atoms. The Balaban J connectivity index is 4.48. The highest BCUT2D eigenvalue weighted by molar-refractivity contribution is 5.71. The fourth-order valence-corrected chi connectivity index (χ4v) is 9.23. The Kier molecular flexibility index (Phi) is 65.8. The Morgan fingerprint density at radius 3 is 0.735 bits per heavy atom. The molecule has 0 spiro atoms. The van der Waals surface area contributed by atoms with Gasteiger partial charge in [0, 0.05) is 19.3 Å². The maximum Gasteiger partial charge on any atom is 0.306 e. The van der Waals surface area contributed by atoms with Gasteiger partial charge < -0.3 is 14.2 Å². The summed E-state index contributed by atoms with van der Waals surface area (Å²) in [4.78, 5) is 38.5. The van der Waals surface area contributed by atoms with Gasteiger partial charge in [0.15, 0.2) is 6.10 Å². The molecule has 6 heteroatoms. The first-order chi connectivity index (χ1) is 41.0. The summed E-state index contributed by atoms with van der Waals surface area (Å²) in [6.07, 6.45) is 99.9. The lowest BCUT2D eigenvalue weighted by Gasteiger charge is -2.18. The average molecular weight is 1150 g/mol. The minimum atomic E-state index is -0.805. The van der Waals surface area contributed by atoms with Gasteiger partial charge >= 0.3 is 17.9 Å². The number of hydrogen-bond donors (Lipinski definition) is 0. The number of unbranched alkanes of at least 4 members (excludes halogenated alkanes) is 26. The molecule has 0 heterocycles. The summed E-state index contributed by atoms with van der Waals surface area (Å²) < 4.78 is 17.0. The third-order valence-electron chi connectivity index (χ3n) is 14.3. The maximum atomic E-state index is 13.0. The van der Waals surface area contributed by atoms with Gasteiger partial charge in [-0.05, 0) is 141 Å². The SMILES string of the molecule is CC/C=C\C/C=C\C/C=C\C/C=C\C/C=C\C/C=C\CCCCCCC(=O)OCC(COC(=O)CCCCCCCC/C=C\C/C=C\C/C=C\C/C=C\CC)OC(=O)CCCCCCCCCCCCC/C=C\C/C=C\CCCCCCC. The molecule has 0 aliphatic carbocycles. The van der Waals surface area contributed by atoms with E-state index in [1.54, 1.807) is 0 Å². The Hall–Kier alpha value is -4.71. The first-order valence-corrected chi connectivity index (χ1v) is 34.3. The van der Waals surface area contributed by atoms with Crippen molar-refractivity contribution in [3.05, 3.63) is 146 Å². The number of ether oxygens (including phenoxy) is 3. The van der Waals surface area contributed by atoms with Crippen LogP contribution in [0.2, 0.25) is 0 Å². The first-order valence-electron chi connectivity index (χ1n) is 34.3. The van der Waals surface area contributed by atoms with Crippen LogP contribution in [0.5, 0.6) is 0 Å². The van der Waals surface area contributed by atoms with E-state index in [1.165, 1.54) is 109 Å². The number of esters is 3. The molecule has 470 valence electrons. The van der Waals surface area contributed by atoms with Crippen LogP contribution in [0.15, 0.2) is 146 Å². The molecule has 1 atom stereocenters. The molecule has 0 amide bonds. The lowest BCUT2D eigenvalue weighted by atomic mass is 10.0. The molecule has 0 aromatic carbocycles. The summed E-state index contributed by atoms with van der Waals surface area (Å²) in [5, 5.41) is 0. The van der Waals surface area contributed by atoms with Gasteiger partial charge in [-0.1, -0.05) is 289 Å². The summed E-state index contributed by atoms with van der Waals surface area (Å²) in [6.45, 7) is 6.39. The lowest BCUT2D eigenvalue weighted by molar-refractivity contribution is -0.167. The highest BCUT2D eigenvalue weighted by Gasteiger charge is 2.19. The second kappa shape index (κ2) is 69.8. The fourth-order valence-electron chi connectivity index (χ4n) is 9.23. The number of allylic oxidation sites excluding steroid dienone is 24. The molecule has 0 saturated heterocycles. The molecule has 0 radical (unpaired) electrons. The van der Waals surface area contributed by atoms with Crippen molar-refractivity contribution < 1.29 is 28.6 Å². The highest BCUT2D eigenvalue weighted by Crippen LogP contribution is 2.16. The lowest BCUT2D eigenvalue weighted by Crippen LogP contribution is -2.30. The van der Waals surface area contributed by atoms with Crippen molar-refractivity contribution in [1.82, 2.24) is 0 Å². The summed E-state index contributed by atoms with van der Waals surface area (Å²) in [5.74, 6) is -0.934. The first kappa shape index (κ1) is 78.3. The Morgan fingerprint density at radius 2 is 0.470 bits per heavy atom. The molecule has 0 rings (SSSR count). The van der Waals surface area contributed by atoms with Crippen molar-refractivity contribution in [3.63, 3.8) is 0 Å². The van der Waals surface area contributed by atoms with E-state index in [1.807, 2.05) is 0 Å². The van der Waals surface area contributed by atoms with Gasteiger partial charge in [-0.15, -0.1) is 0 Å². The van der Waals surface area contributed by atoms with Crippen LogP contribution in [0.3, 0.4) is 0 Å². The van der Waals surface area contributed by atoms with Crippen molar-refractivity contribution in [2.45, 2.75) is 309 Å². The van der Waals surface area contributed by atoms with Gasteiger partial charge in [0.25, 0.3) is 0 Å². The van der Waals surface area contributed by atoms with E-state index < -0.39 is 6.10 Å². The molecule has 6 nitrogen and oxygen atoms in total. The van der Waals surface area contributed by atoms with Crippen molar-refractivity contribution in [3.8, 4) is 0 Å². The topological polar surface area (TPSA) is 78.9 Å². The number of rotatable bonds is 61. The van der Waals surface area contributed by atoms with Gasteiger partial charge in [0.05, 0.1) is 0 Å². The minimum Gasteiger partial charge on any atom is -0.462 e. The van der Waals surface area contributed by atoms with Crippen LogP contribution >= 0.6 is 0 Å². The highest BCUT2D eigenvalue weighted by atomic mass is 16.6. The fraction of sp³-hybridized carbons (Fsp3) is 0.649. The molecule has 0 bridgehead atoms. The Morgan fingerprint density at radius 1 is 0.253 bits per heavy atom. The molecular formula is C77H126O6. The van der Waals surface area contributed by atoms with Gasteiger partial charge in [0.1, 0.15) is 13.2 Å². The summed E-state index contributed by atoms with van der Waals surface area (Å²) in [5.41, 5.74) is 0. The van der Waals surface area contributed by atoms with Gasteiger partial charge in [-0.2, -0.15) is 0 Å². The van der Waals surface area contributed by atoms with Crippen LogP contribution in [-0.4, -0.2) is 37.2 Å². The van der Waals surface area contributed by atoms with E-state index >= 15 is 0 Å². The molecule has 0 aliphatic heterocycles. The normalized spacial score (nSPS) is 13.0. The maximum absolute atomic E-state index is 13.0. The third-order valence-corrected chi connectivity index (χ3v) is 14.3. The summed E-state index contributed by atoms with van der Waals surface area (Å²) >= 11 is 0. The van der Waals surface area contributed by atoms with Crippen molar-refractivity contribution in [2.24, 2.45) is 0 Å². The van der Waals surface area contributed by atoms with E-state index in [2.05, 4.69) is 167 Å². The quantitative estimate of drug-likeness (QED) is 0.0261. The zero-order valence-electron chi connectivity index (χ0n) is 53.9. The number of carbonyl (C=O) groups excluding carboxylic acids is 3. The average Bonchev–Trinajstić information content (AvgIpc) is 3.49. The summed E-state index contributed by atoms with van der Waals surface area (Å²) in [7, 11) is 0. The molecule has 0 aromatic heterocycles. The largest absolute Gasteiger partial charge is 0.462 e. The van der Waals surface area contributed by atoms with Crippen LogP contribution in [0, 0.1) is 0 Å². The molecule has 0 N–H and O–H groups in total. The van der Waals surface area contributed by atoms with E-state index in [4.69, 9.17) is 14.2 Å². The van der Waals surface area contributed by atoms with Crippen LogP contribution in [0.4, 0.5) is 0 Å². The number of hydrogen-bond acceptors (Lipinski definition) is 6. The van der Waals surface area contributed by atoms with Gasteiger partial charge in [-0.3, -0.25) is 14.4 Å². The van der Waals surface area contributed by atoms with Gasteiger partial charge in [0.2, 0.25) is 0 Å². The second-order valence-corrected chi connectivity index (χ2v) is 22.3. The number of carbonyl (C=O) groups is 3. The molecule has 0 saturated carbocycles. The standard InChI is InChI=1S/C77H126O6/c1-4-7-10-13-16-19-22-25-28-31-34-36-38-40-43-46-49-52-55-58-61-64-67-70-76(79)82-73-74(72-81-75(78)69-66-63-60-57-54-51-48-45-42-33-30-27-24-21-18-15-12-9-6-3)83-77(80)71-68-65-62-59-56-53-50-47-44-41-39-37-35-32-29-26-23-20-17-14-11-8-5-2/h7,9-10,12,16,18-19,21,23,25-28,30,32,34-36,40,42-43,45,49,52,74H,4-6,8,11,13-15,17,20,22,24,29,31,33,37-39,41,44,46-48,50-51,53-73H2,1-3H3/b10-7-,12-9-,19-16-,21-18-,26-23-,28-25-,30-27-,35-32-,36-34-,43-40-,45-42-,52-49-. The van der Waals surface area contributed by atoms with E-state index in [0.717, 1.165) is 154 Å². The summed E-state index contributed by atoms with van der Waals surface area (Å²) in [6, 6.07) is 0. The molecule has 0 fully saturated rings. The van der Waals surface area contributed by atoms with E-state index in [9.17, 15) is 14.4 Å². The third kappa shape index (κ3) is 68.0. The zero-order chi connectivity index (χ0) is 59.9. The van der Waals surface area contributed by atoms with E-state index in [0.29, 0.717) is 19.3 Å². The van der Waals surface area contributed by atoms with Gasteiger partial charge in [-0.25, -0.2) is 0 Å². The predicted octanol–water partition coefficient (Wildman–Crippen LogP) is 23.9. The minimum absolute atomic E-state index is 0.0992. The Bertz CT molecular complexity index is 1800. The molecule has 1 unspecified atom stereocenters.